The van der Waals surface area contributed by atoms with Crippen molar-refractivity contribution in [3.8, 4) is 5.75 Å². The van der Waals surface area contributed by atoms with Gasteiger partial charge in [0.25, 0.3) is 5.91 Å². The van der Waals surface area contributed by atoms with Crippen molar-refractivity contribution in [2.45, 2.75) is 64.6 Å². The molecule has 1 fully saturated rings. The maximum atomic E-state index is 13.5. The van der Waals surface area contributed by atoms with E-state index in [4.69, 9.17) is 4.74 Å². The van der Waals surface area contributed by atoms with Gasteiger partial charge in [0.1, 0.15) is 12.4 Å². The molecule has 0 spiro atoms. The van der Waals surface area contributed by atoms with Crippen molar-refractivity contribution in [3.05, 3.63) is 65.7 Å². The number of nitrogens with zero attached hydrogens (tertiary/aromatic N) is 1. The first kappa shape index (κ1) is 26.9. The third kappa shape index (κ3) is 7.41. The van der Waals surface area contributed by atoms with Crippen LogP contribution in [0.25, 0.3) is 0 Å². The van der Waals surface area contributed by atoms with Crippen molar-refractivity contribution in [1.29, 1.82) is 0 Å². The van der Waals surface area contributed by atoms with Crippen LogP contribution in [-0.4, -0.2) is 54.3 Å². The summed E-state index contributed by atoms with van der Waals surface area (Å²) in [5.74, 6) is 0.488. The molecule has 2 N–H and O–H groups in total. The minimum Gasteiger partial charge on any atom is -0.492 e. The SMILES string of the molecule is CC(C)C[C@H](NC(=O)[C@@H]1CCCC[C@@H]1NC(=O)c1ccccc1)C(=O)CN1CCOc2ccccc2C1. The van der Waals surface area contributed by atoms with Crippen LogP contribution in [0, 0.1) is 11.8 Å². The van der Waals surface area contributed by atoms with Gasteiger partial charge >= 0.3 is 0 Å². The number of Topliss-reactive ketones (excluding diaryl/α,β-unsaturated/α-hetero) is 1. The summed E-state index contributed by atoms with van der Waals surface area (Å²) in [6.07, 6.45) is 3.95. The van der Waals surface area contributed by atoms with E-state index in [1.807, 2.05) is 42.5 Å². The van der Waals surface area contributed by atoms with Gasteiger partial charge in [-0.2, -0.15) is 0 Å². The lowest BCUT2D eigenvalue weighted by Gasteiger charge is -2.33. The first-order valence-electron chi connectivity index (χ1n) is 13.5. The second kappa shape index (κ2) is 12.9. The van der Waals surface area contributed by atoms with Gasteiger partial charge in [-0.15, -0.1) is 0 Å². The predicted molar refractivity (Wildman–Crippen MR) is 143 cm³/mol. The summed E-state index contributed by atoms with van der Waals surface area (Å²) in [7, 11) is 0. The summed E-state index contributed by atoms with van der Waals surface area (Å²) in [4.78, 5) is 41.8. The standard InChI is InChI=1S/C30H39N3O4/c1-21(2)18-26(27(34)20-33-16-17-37-28-15-9-6-12-23(28)19-33)32-30(36)24-13-7-8-14-25(24)31-29(35)22-10-4-3-5-11-22/h3-6,9-12,15,21,24-26H,7-8,13-14,16-20H2,1-2H3,(H,31,35)(H,32,36)/t24-,25+,26+/m1/s1. The van der Waals surface area contributed by atoms with Crippen molar-refractivity contribution < 1.29 is 19.1 Å². The Hall–Kier alpha value is -3.19. The molecule has 198 valence electrons. The van der Waals surface area contributed by atoms with E-state index in [-0.39, 0.29) is 42.0 Å². The Morgan fingerprint density at radius 2 is 1.73 bits per heavy atom. The molecule has 2 aromatic rings. The largest absolute Gasteiger partial charge is 0.492 e. The Balaban J connectivity index is 1.40. The zero-order valence-corrected chi connectivity index (χ0v) is 21.9. The normalized spacial score (nSPS) is 20.7. The highest BCUT2D eigenvalue weighted by Crippen LogP contribution is 2.26. The zero-order chi connectivity index (χ0) is 26.2. The molecule has 2 amide bonds. The van der Waals surface area contributed by atoms with Crippen LogP contribution in [0.2, 0.25) is 0 Å². The van der Waals surface area contributed by atoms with E-state index < -0.39 is 6.04 Å². The second-order valence-corrected chi connectivity index (χ2v) is 10.7. The van der Waals surface area contributed by atoms with Crippen LogP contribution in [0.3, 0.4) is 0 Å². The molecule has 1 aliphatic carbocycles. The van der Waals surface area contributed by atoms with Crippen molar-refractivity contribution in [2.75, 3.05) is 19.7 Å². The van der Waals surface area contributed by atoms with E-state index in [1.165, 1.54) is 0 Å². The zero-order valence-electron chi connectivity index (χ0n) is 21.9. The summed E-state index contributed by atoms with van der Waals surface area (Å²) in [6.45, 7) is 6.20. The molecule has 4 rings (SSSR count). The Morgan fingerprint density at radius 1 is 1.00 bits per heavy atom. The number of rotatable bonds is 9. The average Bonchev–Trinajstić information content (AvgIpc) is 3.10. The molecular weight excluding hydrogens is 466 g/mol. The number of hydrogen-bond acceptors (Lipinski definition) is 5. The summed E-state index contributed by atoms with van der Waals surface area (Å²) in [5.41, 5.74) is 1.65. The fraction of sp³-hybridized carbons (Fsp3) is 0.500. The number of ether oxygens (including phenoxy) is 1. The second-order valence-electron chi connectivity index (χ2n) is 10.7. The molecule has 0 unspecified atom stereocenters. The molecule has 2 aromatic carbocycles. The Bertz CT molecular complexity index is 1070. The van der Waals surface area contributed by atoms with Crippen LogP contribution in [0.1, 0.15) is 61.9 Å². The van der Waals surface area contributed by atoms with Crippen molar-refractivity contribution in [2.24, 2.45) is 11.8 Å². The number of ketones is 1. The maximum Gasteiger partial charge on any atom is 0.251 e. The molecule has 0 aromatic heterocycles. The number of para-hydroxylation sites is 1. The Labute approximate surface area is 220 Å². The minimum atomic E-state index is -0.556. The molecule has 1 aliphatic heterocycles. The molecule has 3 atom stereocenters. The topological polar surface area (TPSA) is 87.7 Å². The lowest BCUT2D eigenvalue weighted by atomic mass is 9.83. The van der Waals surface area contributed by atoms with Gasteiger partial charge in [-0.3, -0.25) is 19.3 Å². The molecule has 0 bridgehead atoms. The van der Waals surface area contributed by atoms with Crippen molar-refractivity contribution in [3.63, 3.8) is 0 Å². The van der Waals surface area contributed by atoms with Gasteiger partial charge in [-0.05, 0) is 43.4 Å². The average molecular weight is 506 g/mol. The van der Waals surface area contributed by atoms with Crippen LogP contribution < -0.4 is 15.4 Å². The Kier molecular flexibility index (Phi) is 9.34. The first-order valence-corrected chi connectivity index (χ1v) is 13.5. The Morgan fingerprint density at radius 3 is 2.51 bits per heavy atom. The maximum absolute atomic E-state index is 13.5. The monoisotopic (exact) mass is 505 g/mol. The van der Waals surface area contributed by atoms with Crippen LogP contribution >= 0.6 is 0 Å². The van der Waals surface area contributed by atoms with Crippen LogP contribution in [0.15, 0.2) is 54.6 Å². The molecule has 7 nitrogen and oxygen atoms in total. The fourth-order valence-corrected chi connectivity index (χ4v) is 5.33. The number of nitrogens with one attached hydrogen (secondary N) is 2. The molecule has 0 radical (unpaired) electrons. The van der Waals surface area contributed by atoms with Gasteiger partial charge in [-0.1, -0.05) is 63.1 Å². The van der Waals surface area contributed by atoms with Crippen LogP contribution in [0.5, 0.6) is 5.75 Å². The van der Waals surface area contributed by atoms with Gasteiger partial charge in [0.15, 0.2) is 5.78 Å². The van der Waals surface area contributed by atoms with Crippen molar-refractivity contribution >= 4 is 17.6 Å². The summed E-state index contributed by atoms with van der Waals surface area (Å²) in [5, 5.41) is 6.17. The van der Waals surface area contributed by atoms with Crippen LogP contribution in [0.4, 0.5) is 0 Å². The number of amides is 2. The molecule has 37 heavy (non-hydrogen) atoms. The molecular formula is C30H39N3O4. The molecule has 7 heteroatoms. The van der Waals surface area contributed by atoms with E-state index in [0.717, 1.165) is 30.6 Å². The number of hydrogen-bond donors (Lipinski definition) is 2. The quantitative estimate of drug-likeness (QED) is 0.539. The number of carbonyl (C=O) groups excluding carboxylic acids is 3. The molecule has 1 saturated carbocycles. The number of benzene rings is 2. The van der Waals surface area contributed by atoms with Gasteiger partial charge < -0.3 is 15.4 Å². The minimum absolute atomic E-state index is 0.0158. The third-order valence-corrected chi connectivity index (χ3v) is 7.28. The highest BCUT2D eigenvalue weighted by molar-refractivity contribution is 5.95. The summed E-state index contributed by atoms with van der Waals surface area (Å²) >= 11 is 0. The number of fused-ring (bicyclic) bond motifs is 1. The smallest absolute Gasteiger partial charge is 0.251 e. The lowest BCUT2D eigenvalue weighted by molar-refractivity contribution is -0.132. The lowest BCUT2D eigenvalue weighted by Crippen LogP contribution is -2.53. The van der Waals surface area contributed by atoms with Crippen molar-refractivity contribution in [1.82, 2.24) is 15.5 Å². The van der Waals surface area contributed by atoms with E-state index in [9.17, 15) is 14.4 Å². The van der Waals surface area contributed by atoms with Gasteiger partial charge in [0.2, 0.25) is 5.91 Å². The van der Waals surface area contributed by atoms with E-state index in [0.29, 0.717) is 38.1 Å². The van der Waals surface area contributed by atoms with Gasteiger partial charge in [0, 0.05) is 30.3 Å². The molecule has 1 heterocycles. The van der Waals surface area contributed by atoms with E-state index >= 15 is 0 Å². The molecule has 0 saturated heterocycles. The predicted octanol–water partition coefficient (Wildman–Crippen LogP) is 3.97. The van der Waals surface area contributed by atoms with E-state index in [1.54, 1.807) is 12.1 Å². The first-order chi connectivity index (χ1) is 17.9. The third-order valence-electron chi connectivity index (χ3n) is 7.28. The van der Waals surface area contributed by atoms with Gasteiger partial charge in [-0.25, -0.2) is 0 Å². The van der Waals surface area contributed by atoms with Crippen LogP contribution in [-0.2, 0) is 16.1 Å². The van der Waals surface area contributed by atoms with E-state index in [2.05, 4.69) is 29.4 Å². The fourth-order valence-electron chi connectivity index (χ4n) is 5.33. The highest BCUT2D eigenvalue weighted by Gasteiger charge is 2.34. The van der Waals surface area contributed by atoms with Gasteiger partial charge in [0.05, 0.1) is 18.5 Å². The molecule has 2 aliphatic rings. The highest BCUT2D eigenvalue weighted by atomic mass is 16.5. The number of carbonyl (C=O) groups is 3. The summed E-state index contributed by atoms with van der Waals surface area (Å²) in [6, 6.07) is 16.2. The summed E-state index contributed by atoms with van der Waals surface area (Å²) < 4.78 is 5.85.